The summed E-state index contributed by atoms with van der Waals surface area (Å²) in [6.45, 7) is 0.0968. The van der Waals surface area contributed by atoms with Crippen LogP contribution in [0.1, 0.15) is 30.9 Å². The maximum Gasteiger partial charge on any atom is 0.312 e. The summed E-state index contributed by atoms with van der Waals surface area (Å²) in [6.07, 6.45) is 9.10. The predicted octanol–water partition coefficient (Wildman–Crippen LogP) is 3.20. The quantitative estimate of drug-likeness (QED) is 0.444. The number of benzene rings is 2. The van der Waals surface area contributed by atoms with Crippen molar-refractivity contribution in [3.8, 4) is 5.75 Å². The van der Waals surface area contributed by atoms with E-state index < -0.39 is 54.1 Å². The zero-order valence-corrected chi connectivity index (χ0v) is 22.9. The predicted molar refractivity (Wildman–Crippen MR) is 150 cm³/mol. The molecular formula is C32H34N2O7. The molecule has 1 N–H and O–H groups in total. The molecule has 6 rings (SSSR count). The van der Waals surface area contributed by atoms with Crippen LogP contribution in [0, 0.1) is 11.8 Å². The Hall–Kier alpha value is -3.95. The van der Waals surface area contributed by atoms with Crippen LogP contribution in [-0.2, 0) is 23.9 Å². The van der Waals surface area contributed by atoms with Gasteiger partial charge in [0.2, 0.25) is 5.91 Å². The van der Waals surface area contributed by atoms with Crippen LogP contribution in [0.15, 0.2) is 78.9 Å². The van der Waals surface area contributed by atoms with Crippen LogP contribution < -0.4 is 9.64 Å². The molecule has 2 fully saturated rings. The largest absolute Gasteiger partial charge is 0.497 e. The molecule has 9 heteroatoms. The molecule has 0 saturated carbocycles. The number of cyclic esters (lactones) is 1. The van der Waals surface area contributed by atoms with E-state index in [1.165, 1.54) is 4.90 Å². The van der Waals surface area contributed by atoms with E-state index in [1.54, 1.807) is 42.4 Å². The van der Waals surface area contributed by atoms with Gasteiger partial charge in [-0.25, -0.2) is 0 Å². The van der Waals surface area contributed by atoms with Gasteiger partial charge < -0.3 is 29.1 Å². The van der Waals surface area contributed by atoms with Gasteiger partial charge in [0.15, 0.2) is 0 Å². The lowest BCUT2D eigenvalue weighted by atomic mass is 9.78. The number of allylic oxidation sites excluding steroid dienone is 1. The number of likely N-dealkylation sites (tertiary alicyclic amines) is 1. The summed E-state index contributed by atoms with van der Waals surface area (Å²) in [4.78, 5) is 45.7. The number of aliphatic hydroxyl groups is 1. The smallest absolute Gasteiger partial charge is 0.312 e. The topological polar surface area (TPSA) is 106 Å². The molecule has 4 heterocycles. The van der Waals surface area contributed by atoms with Crippen LogP contribution in [0.25, 0.3) is 0 Å². The number of amides is 2. The van der Waals surface area contributed by atoms with E-state index >= 15 is 0 Å². The molecule has 1 unspecified atom stereocenters. The van der Waals surface area contributed by atoms with E-state index in [1.807, 2.05) is 48.6 Å². The molecule has 2 saturated heterocycles. The Morgan fingerprint density at radius 1 is 1.02 bits per heavy atom. The number of methoxy groups -OCH3 is 1. The summed E-state index contributed by atoms with van der Waals surface area (Å²) in [7, 11) is 1.57. The molecule has 0 bridgehead atoms. The average molecular weight is 559 g/mol. The lowest BCUT2D eigenvalue weighted by Crippen LogP contribution is -2.56. The fourth-order valence-electron chi connectivity index (χ4n) is 6.72. The van der Waals surface area contributed by atoms with Gasteiger partial charge in [0.25, 0.3) is 5.91 Å². The van der Waals surface area contributed by atoms with Crippen molar-refractivity contribution >= 4 is 23.5 Å². The lowest BCUT2D eigenvalue weighted by molar-refractivity contribution is -0.155. The normalized spacial score (nSPS) is 31.0. The number of esters is 1. The Bertz CT molecular complexity index is 1360. The highest BCUT2D eigenvalue weighted by Gasteiger charge is 2.72. The van der Waals surface area contributed by atoms with Crippen LogP contribution >= 0.6 is 0 Å². The molecular weight excluding hydrogens is 524 g/mol. The highest BCUT2D eigenvalue weighted by Crippen LogP contribution is 2.55. The molecule has 0 aliphatic carbocycles. The van der Waals surface area contributed by atoms with E-state index in [4.69, 9.17) is 14.2 Å². The third-order valence-electron chi connectivity index (χ3n) is 8.62. The molecule has 0 radical (unpaired) electrons. The Kier molecular flexibility index (Phi) is 7.40. The van der Waals surface area contributed by atoms with Gasteiger partial charge in [-0.3, -0.25) is 14.4 Å². The van der Waals surface area contributed by atoms with Crippen molar-refractivity contribution in [2.45, 2.75) is 43.1 Å². The number of carbonyl (C=O) groups is 3. The Balaban J connectivity index is 1.49. The molecule has 9 nitrogen and oxygen atoms in total. The minimum absolute atomic E-state index is 0.242. The number of ether oxygens (including phenoxy) is 3. The fourth-order valence-corrected chi connectivity index (χ4v) is 6.72. The van der Waals surface area contributed by atoms with E-state index in [0.717, 1.165) is 19.3 Å². The van der Waals surface area contributed by atoms with Gasteiger partial charge in [0.1, 0.15) is 23.3 Å². The molecule has 2 aromatic rings. The first-order chi connectivity index (χ1) is 20.0. The van der Waals surface area contributed by atoms with E-state index in [2.05, 4.69) is 0 Å². The van der Waals surface area contributed by atoms with E-state index in [-0.39, 0.29) is 19.1 Å². The molecule has 6 atom stereocenters. The Labute approximate surface area is 239 Å². The van der Waals surface area contributed by atoms with Gasteiger partial charge in [0.05, 0.1) is 38.4 Å². The second kappa shape index (κ2) is 11.1. The molecule has 214 valence electrons. The molecule has 4 aliphatic rings. The van der Waals surface area contributed by atoms with Gasteiger partial charge in [-0.05, 0) is 49.1 Å². The highest BCUT2D eigenvalue weighted by molar-refractivity contribution is 6.05. The summed E-state index contributed by atoms with van der Waals surface area (Å²) >= 11 is 0. The van der Waals surface area contributed by atoms with Crippen molar-refractivity contribution in [1.29, 1.82) is 0 Å². The fraction of sp³-hybridized carbons (Fsp3) is 0.406. The minimum Gasteiger partial charge on any atom is -0.497 e. The van der Waals surface area contributed by atoms with Crippen molar-refractivity contribution in [3.63, 3.8) is 0 Å². The first-order valence-corrected chi connectivity index (χ1v) is 14.1. The second-order valence-electron chi connectivity index (χ2n) is 10.8. The number of fused-ring (bicyclic) bond motifs is 2. The van der Waals surface area contributed by atoms with Gasteiger partial charge in [-0.2, -0.15) is 0 Å². The third kappa shape index (κ3) is 4.53. The van der Waals surface area contributed by atoms with Crippen molar-refractivity contribution in [3.05, 3.63) is 84.5 Å². The van der Waals surface area contributed by atoms with Crippen molar-refractivity contribution in [1.82, 2.24) is 4.90 Å². The van der Waals surface area contributed by atoms with E-state index in [0.29, 0.717) is 17.0 Å². The van der Waals surface area contributed by atoms with Crippen molar-refractivity contribution in [2.75, 3.05) is 31.8 Å². The number of nitrogens with zero attached hydrogens (tertiary/aromatic N) is 2. The van der Waals surface area contributed by atoms with Gasteiger partial charge in [-0.1, -0.05) is 54.6 Å². The summed E-state index contributed by atoms with van der Waals surface area (Å²) in [5, 5.41) is 10.6. The first-order valence-electron chi connectivity index (χ1n) is 14.1. The number of hydrogen-bond acceptors (Lipinski definition) is 7. The summed E-state index contributed by atoms with van der Waals surface area (Å²) < 4.78 is 17.6. The molecule has 41 heavy (non-hydrogen) atoms. The number of anilines is 1. The summed E-state index contributed by atoms with van der Waals surface area (Å²) in [5.41, 5.74) is -0.116. The average Bonchev–Trinajstić information content (AvgIpc) is 3.39. The minimum atomic E-state index is -1.43. The van der Waals surface area contributed by atoms with Crippen molar-refractivity contribution in [2.24, 2.45) is 11.8 Å². The van der Waals surface area contributed by atoms with Crippen molar-refractivity contribution < 1.29 is 33.7 Å². The highest BCUT2D eigenvalue weighted by atomic mass is 16.6. The second-order valence-corrected chi connectivity index (χ2v) is 10.8. The zero-order chi connectivity index (χ0) is 28.6. The SMILES string of the molecule is COc1ccc(N2CC=C[C@]34O[C@H]5/C=C\CCCCOC(=O)[C@H]5[C@H]3C(=O)N([C@H](CO)c3ccccc3)C4C2=O)cc1. The van der Waals surface area contributed by atoms with Gasteiger partial charge in [-0.15, -0.1) is 0 Å². The van der Waals surface area contributed by atoms with Crippen LogP contribution in [0.2, 0.25) is 0 Å². The molecule has 2 aromatic carbocycles. The number of rotatable bonds is 5. The zero-order valence-electron chi connectivity index (χ0n) is 22.9. The maximum atomic E-state index is 14.6. The number of hydrogen-bond donors (Lipinski definition) is 1. The van der Waals surface area contributed by atoms with Crippen LogP contribution in [0.4, 0.5) is 5.69 Å². The third-order valence-corrected chi connectivity index (χ3v) is 8.62. The summed E-state index contributed by atoms with van der Waals surface area (Å²) in [5.74, 6) is -2.55. The first kappa shape index (κ1) is 27.2. The van der Waals surface area contributed by atoms with Crippen LogP contribution in [0.5, 0.6) is 5.75 Å². The van der Waals surface area contributed by atoms with Gasteiger partial charge >= 0.3 is 5.97 Å². The maximum absolute atomic E-state index is 14.6. The lowest BCUT2D eigenvalue weighted by Gasteiger charge is -2.38. The monoisotopic (exact) mass is 558 g/mol. The summed E-state index contributed by atoms with van der Waals surface area (Å²) in [6, 6.07) is 14.3. The molecule has 4 aliphatic heterocycles. The molecule has 0 aromatic heterocycles. The van der Waals surface area contributed by atoms with E-state index in [9.17, 15) is 19.5 Å². The molecule has 1 spiro atoms. The number of aliphatic hydroxyl groups excluding tert-OH is 1. The Morgan fingerprint density at radius 2 is 1.80 bits per heavy atom. The number of carbonyl (C=O) groups excluding carboxylic acids is 3. The molecule has 2 amide bonds. The van der Waals surface area contributed by atoms with Gasteiger partial charge in [0, 0.05) is 12.2 Å². The van der Waals surface area contributed by atoms with Crippen LogP contribution in [-0.4, -0.2) is 72.4 Å². The van der Waals surface area contributed by atoms with Crippen LogP contribution in [0.3, 0.4) is 0 Å². The standard InChI is InChI=1S/C32H34N2O7/c1-39-23-15-13-22(14-16-23)33-18-9-17-32-27(26-25(41-32)12-7-2-3-8-19-40-31(26)38)29(36)34(28(32)30(33)37)24(20-35)21-10-5-4-6-11-21/h4-7,9-17,24-28,35H,2-3,8,18-20H2,1H3/b12-7-/t24-,25+,26-,27+,28?,32+/m1/s1. The Morgan fingerprint density at radius 3 is 2.54 bits per heavy atom.